The third-order valence-electron chi connectivity index (χ3n) is 3.26. The van der Waals surface area contributed by atoms with Crippen LogP contribution in [0.2, 0.25) is 0 Å². The van der Waals surface area contributed by atoms with Crippen molar-refractivity contribution in [2.45, 2.75) is 25.9 Å². The molecule has 1 aromatic rings. The molecule has 0 spiro atoms. The predicted octanol–water partition coefficient (Wildman–Crippen LogP) is -0.309. The van der Waals surface area contributed by atoms with Crippen LogP contribution in [0.4, 0.5) is 6.01 Å². The van der Waals surface area contributed by atoms with Crippen LogP contribution in [0.25, 0.3) is 0 Å². The Balaban J connectivity index is 2.15. The quantitative estimate of drug-likeness (QED) is 0.765. The first-order chi connectivity index (χ1) is 9.67. The van der Waals surface area contributed by atoms with Gasteiger partial charge in [-0.1, -0.05) is 5.10 Å². The molecule has 0 aromatic carbocycles. The van der Waals surface area contributed by atoms with Crippen LogP contribution >= 0.6 is 0 Å². The number of anilines is 1. The average molecular weight is 283 g/mol. The molecule has 1 aliphatic rings. The first kappa shape index (κ1) is 14.7. The molecule has 2 atom stereocenters. The van der Waals surface area contributed by atoms with Crippen LogP contribution in [0.1, 0.15) is 25.8 Å². The standard InChI is InChI=1S/C12H21N5O3/c1-4-14-10(18)9-7-19-6-5-17(9)12-16-15-11(20-12)8(2)13-3/h8-9,13H,4-7H2,1-3H3,(H,14,18). The summed E-state index contributed by atoms with van der Waals surface area (Å²) in [5, 5.41) is 13.9. The Labute approximate surface area is 117 Å². The van der Waals surface area contributed by atoms with Crippen molar-refractivity contribution in [2.24, 2.45) is 0 Å². The summed E-state index contributed by atoms with van der Waals surface area (Å²) in [7, 11) is 1.82. The molecular formula is C12H21N5O3. The van der Waals surface area contributed by atoms with Gasteiger partial charge in [-0.2, -0.15) is 0 Å². The number of hydrogen-bond donors (Lipinski definition) is 2. The average Bonchev–Trinajstić information content (AvgIpc) is 2.96. The lowest BCUT2D eigenvalue weighted by Crippen LogP contribution is -2.54. The van der Waals surface area contributed by atoms with Gasteiger partial charge in [0, 0.05) is 13.1 Å². The van der Waals surface area contributed by atoms with E-state index in [1.165, 1.54) is 0 Å². The first-order valence-corrected chi connectivity index (χ1v) is 6.80. The van der Waals surface area contributed by atoms with Crippen molar-refractivity contribution in [1.82, 2.24) is 20.8 Å². The maximum absolute atomic E-state index is 12.0. The van der Waals surface area contributed by atoms with Crippen LogP contribution in [0.15, 0.2) is 4.42 Å². The molecule has 112 valence electrons. The lowest BCUT2D eigenvalue weighted by molar-refractivity contribution is -0.124. The SMILES string of the molecule is CCNC(=O)C1COCCN1c1nnc(C(C)NC)o1. The molecule has 1 aromatic heterocycles. The van der Waals surface area contributed by atoms with Crippen molar-refractivity contribution in [3.63, 3.8) is 0 Å². The van der Waals surface area contributed by atoms with Crippen LogP contribution in [-0.2, 0) is 9.53 Å². The summed E-state index contributed by atoms with van der Waals surface area (Å²) in [4.78, 5) is 13.8. The van der Waals surface area contributed by atoms with Crippen LogP contribution in [0, 0.1) is 0 Å². The fourth-order valence-electron chi connectivity index (χ4n) is 1.98. The molecule has 1 saturated heterocycles. The van der Waals surface area contributed by atoms with E-state index in [2.05, 4.69) is 20.8 Å². The smallest absolute Gasteiger partial charge is 0.319 e. The van der Waals surface area contributed by atoms with Crippen LogP contribution in [0.5, 0.6) is 0 Å². The minimum absolute atomic E-state index is 0.0276. The van der Waals surface area contributed by atoms with Gasteiger partial charge in [-0.3, -0.25) is 4.79 Å². The minimum atomic E-state index is -0.429. The van der Waals surface area contributed by atoms with Crippen molar-refractivity contribution >= 4 is 11.9 Å². The monoisotopic (exact) mass is 283 g/mol. The summed E-state index contributed by atoms with van der Waals surface area (Å²) in [6.07, 6.45) is 0. The highest BCUT2D eigenvalue weighted by molar-refractivity contribution is 5.84. The number of nitrogens with one attached hydrogen (secondary N) is 2. The van der Waals surface area contributed by atoms with Crippen molar-refractivity contribution in [1.29, 1.82) is 0 Å². The van der Waals surface area contributed by atoms with E-state index in [0.717, 1.165) is 0 Å². The number of carbonyl (C=O) groups is 1. The molecule has 8 heteroatoms. The second-order valence-electron chi connectivity index (χ2n) is 4.61. The van der Waals surface area contributed by atoms with Crippen molar-refractivity contribution < 1.29 is 13.9 Å². The van der Waals surface area contributed by atoms with Gasteiger partial charge in [0.2, 0.25) is 11.8 Å². The molecule has 1 amide bonds. The normalized spacial score (nSPS) is 20.8. The van der Waals surface area contributed by atoms with E-state index in [0.29, 0.717) is 38.2 Å². The maximum Gasteiger partial charge on any atom is 0.319 e. The van der Waals surface area contributed by atoms with E-state index in [9.17, 15) is 4.79 Å². The lowest BCUT2D eigenvalue weighted by Gasteiger charge is -2.32. The highest BCUT2D eigenvalue weighted by Gasteiger charge is 2.32. The summed E-state index contributed by atoms with van der Waals surface area (Å²) >= 11 is 0. The second-order valence-corrected chi connectivity index (χ2v) is 4.61. The van der Waals surface area contributed by atoms with E-state index in [-0.39, 0.29) is 11.9 Å². The van der Waals surface area contributed by atoms with Crippen molar-refractivity contribution in [3.05, 3.63) is 5.89 Å². The van der Waals surface area contributed by atoms with Crippen LogP contribution in [-0.4, -0.2) is 55.5 Å². The minimum Gasteiger partial charge on any atom is -0.406 e. The zero-order valence-electron chi connectivity index (χ0n) is 12.0. The molecule has 20 heavy (non-hydrogen) atoms. The molecule has 8 nitrogen and oxygen atoms in total. The van der Waals surface area contributed by atoms with Gasteiger partial charge in [-0.25, -0.2) is 0 Å². The van der Waals surface area contributed by atoms with Gasteiger partial charge in [0.05, 0.1) is 19.3 Å². The Morgan fingerprint density at radius 1 is 1.55 bits per heavy atom. The van der Waals surface area contributed by atoms with E-state index >= 15 is 0 Å². The number of hydrogen-bond acceptors (Lipinski definition) is 7. The maximum atomic E-state index is 12.0. The first-order valence-electron chi connectivity index (χ1n) is 6.80. The summed E-state index contributed by atoms with van der Waals surface area (Å²) < 4.78 is 11.0. The van der Waals surface area contributed by atoms with Crippen LogP contribution in [0.3, 0.4) is 0 Å². The summed E-state index contributed by atoms with van der Waals surface area (Å²) in [6.45, 7) is 5.80. The van der Waals surface area contributed by atoms with Gasteiger partial charge in [0.25, 0.3) is 0 Å². The molecule has 0 radical (unpaired) electrons. The summed E-state index contributed by atoms with van der Waals surface area (Å²) in [6, 6.07) is -0.0937. The molecule has 0 bridgehead atoms. The molecule has 2 N–H and O–H groups in total. The molecule has 1 fully saturated rings. The van der Waals surface area contributed by atoms with Crippen molar-refractivity contribution in [3.8, 4) is 0 Å². The number of nitrogens with zero attached hydrogens (tertiary/aromatic N) is 3. The molecule has 0 saturated carbocycles. The van der Waals surface area contributed by atoms with Gasteiger partial charge in [0.15, 0.2) is 0 Å². The highest BCUT2D eigenvalue weighted by atomic mass is 16.5. The second kappa shape index (κ2) is 6.67. The Hall–Kier alpha value is -1.67. The molecule has 1 aliphatic heterocycles. The zero-order chi connectivity index (χ0) is 14.5. The Kier molecular flexibility index (Phi) is 4.91. The zero-order valence-corrected chi connectivity index (χ0v) is 12.0. The summed E-state index contributed by atoms with van der Waals surface area (Å²) in [5.74, 6) is 0.414. The number of rotatable bonds is 5. The largest absolute Gasteiger partial charge is 0.406 e. The molecule has 2 unspecified atom stereocenters. The fraction of sp³-hybridized carbons (Fsp3) is 0.750. The number of carbonyl (C=O) groups excluding carboxylic acids is 1. The number of amides is 1. The van der Waals surface area contributed by atoms with Crippen molar-refractivity contribution in [2.75, 3.05) is 38.3 Å². The third kappa shape index (κ3) is 3.07. The molecule has 2 heterocycles. The van der Waals surface area contributed by atoms with E-state index < -0.39 is 6.04 Å². The third-order valence-corrected chi connectivity index (χ3v) is 3.26. The number of aromatic nitrogens is 2. The van der Waals surface area contributed by atoms with Gasteiger partial charge in [0.1, 0.15) is 6.04 Å². The predicted molar refractivity (Wildman–Crippen MR) is 72.4 cm³/mol. The van der Waals surface area contributed by atoms with Gasteiger partial charge in [-0.15, -0.1) is 5.10 Å². The highest BCUT2D eigenvalue weighted by Crippen LogP contribution is 2.21. The molecular weight excluding hydrogens is 262 g/mol. The van der Waals surface area contributed by atoms with E-state index in [1.807, 2.05) is 20.9 Å². The Morgan fingerprint density at radius 3 is 3.05 bits per heavy atom. The number of ether oxygens (including phenoxy) is 1. The van der Waals surface area contributed by atoms with Gasteiger partial charge in [-0.05, 0) is 20.9 Å². The van der Waals surface area contributed by atoms with E-state index in [4.69, 9.17) is 9.15 Å². The Bertz CT molecular complexity index is 450. The van der Waals surface area contributed by atoms with Gasteiger partial charge >= 0.3 is 6.01 Å². The summed E-state index contributed by atoms with van der Waals surface area (Å²) in [5.41, 5.74) is 0. The lowest BCUT2D eigenvalue weighted by atomic mass is 10.2. The fourth-order valence-corrected chi connectivity index (χ4v) is 1.98. The Morgan fingerprint density at radius 2 is 2.35 bits per heavy atom. The number of morpholine rings is 1. The number of likely N-dealkylation sites (N-methyl/N-ethyl adjacent to an activating group) is 1. The van der Waals surface area contributed by atoms with Crippen LogP contribution < -0.4 is 15.5 Å². The topological polar surface area (TPSA) is 92.5 Å². The molecule has 2 rings (SSSR count). The van der Waals surface area contributed by atoms with Gasteiger partial charge < -0.3 is 24.7 Å². The molecule has 0 aliphatic carbocycles. The van der Waals surface area contributed by atoms with E-state index in [1.54, 1.807) is 4.90 Å².